The second-order valence-corrected chi connectivity index (χ2v) is 4.27. The van der Waals surface area contributed by atoms with Crippen molar-refractivity contribution in [1.82, 2.24) is 0 Å². The molecule has 0 radical (unpaired) electrons. The molecule has 0 aliphatic rings. The van der Waals surface area contributed by atoms with Gasteiger partial charge in [0, 0.05) is 6.42 Å². The highest BCUT2D eigenvalue weighted by Gasteiger charge is 2.48. The lowest BCUT2D eigenvalue weighted by Gasteiger charge is -2.27. The molecule has 0 saturated carbocycles. The molecule has 18 heavy (non-hydrogen) atoms. The molecule has 0 aliphatic carbocycles. The normalized spacial score (nSPS) is 11.5. The summed E-state index contributed by atoms with van der Waals surface area (Å²) in [7, 11) is 0. The first-order valence-electron chi connectivity index (χ1n) is 5.57. The van der Waals surface area contributed by atoms with Crippen molar-refractivity contribution in [2.75, 3.05) is 0 Å². The summed E-state index contributed by atoms with van der Waals surface area (Å²) in [4.78, 5) is 22.6. The first kappa shape index (κ1) is 14.2. The summed E-state index contributed by atoms with van der Waals surface area (Å²) < 4.78 is 5.17. The molecule has 98 valence electrons. The first-order valence-corrected chi connectivity index (χ1v) is 5.57. The number of hydrogen-bond acceptors (Lipinski definition) is 3. The number of aliphatic carboxylic acids is 2. The molecule has 0 heterocycles. The van der Waals surface area contributed by atoms with Gasteiger partial charge < -0.3 is 14.9 Å². The minimum atomic E-state index is -2.24. The Morgan fingerprint density at radius 2 is 1.67 bits per heavy atom. The fourth-order valence-corrected chi connectivity index (χ4v) is 1.67. The predicted molar refractivity (Wildman–Crippen MR) is 64.4 cm³/mol. The standard InChI is InChI=1S/C13H16O5/c1-9(2)18-13(11(14)15,12(16)17)8-10-6-4-3-5-7-10/h3-7,9H,8H2,1-2H3,(H,14,15)(H,16,17). The van der Waals surface area contributed by atoms with E-state index in [1.165, 1.54) is 0 Å². The van der Waals surface area contributed by atoms with Crippen LogP contribution in [-0.2, 0) is 20.7 Å². The summed E-state index contributed by atoms with van der Waals surface area (Å²) in [5.74, 6) is -2.99. The number of benzene rings is 1. The van der Waals surface area contributed by atoms with E-state index >= 15 is 0 Å². The molecule has 1 rings (SSSR count). The summed E-state index contributed by atoms with van der Waals surface area (Å²) >= 11 is 0. The topological polar surface area (TPSA) is 83.8 Å². The molecular weight excluding hydrogens is 236 g/mol. The van der Waals surface area contributed by atoms with Crippen molar-refractivity contribution in [1.29, 1.82) is 0 Å². The van der Waals surface area contributed by atoms with Crippen molar-refractivity contribution in [3.63, 3.8) is 0 Å². The van der Waals surface area contributed by atoms with Crippen molar-refractivity contribution in [2.45, 2.75) is 32.0 Å². The van der Waals surface area contributed by atoms with E-state index in [0.717, 1.165) is 0 Å². The van der Waals surface area contributed by atoms with Gasteiger partial charge in [0.1, 0.15) is 0 Å². The summed E-state index contributed by atoms with van der Waals surface area (Å²) in [5.41, 5.74) is -1.64. The molecule has 0 amide bonds. The summed E-state index contributed by atoms with van der Waals surface area (Å²) in [6.07, 6.45) is -0.711. The zero-order chi connectivity index (χ0) is 13.8. The van der Waals surface area contributed by atoms with Gasteiger partial charge in [0.15, 0.2) is 0 Å². The fraction of sp³-hybridized carbons (Fsp3) is 0.385. The molecule has 0 aromatic heterocycles. The summed E-state index contributed by atoms with van der Waals surface area (Å²) in [6.45, 7) is 3.21. The maximum absolute atomic E-state index is 11.3. The third-order valence-corrected chi connectivity index (χ3v) is 2.42. The minimum Gasteiger partial charge on any atom is -0.479 e. The Balaban J connectivity index is 3.10. The van der Waals surface area contributed by atoms with Crippen molar-refractivity contribution in [3.05, 3.63) is 35.9 Å². The molecule has 0 saturated heterocycles. The van der Waals surface area contributed by atoms with E-state index in [2.05, 4.69) is 0 Å². The van der Waals surface area contributed by atoms with E-state index in [9.17, 15) is 19.8 Å². The molecule has 1 aromatic rings. The van der Waals surface area contributed by atoms with E-state index in [-0.39, 0.29) is 6.42 Å². The van der Waals surface area contributed by atoms with E-state index in [0.29, 0.717) is 5.56 Å². The van der Waals surface area contributed by atoms with Crippen LogP contribution >= 0.6 is 0 Å². The second-order valence-electron chi connectivity index (χ2n) is 4.27. The van der Waals surface area contributed by atoms with Crippen LogP contribution in [0, 0.1) is 0 Å². The highest BCUT2D eigenvalue weighted by molar-refractivity contribution is 6.02. The van der Waals surface area contributed by atoms with Gasteiger partial charge in [-0.3, -0.25) is 0 Å². The first-order chi connectivity index (χ1) is 8.38. The molecule has 0 spiro atoms. The van der Waals surface area contributed by atoms with Gasteiger partial charge in [-0.15, -0.1) is 0 Å². The Morgan fingerprint density at radius 1 is 1.17 bits per heavy atom. The molecule has 0 atom stereocenters. The van der Waals surface area contributed by atoms with Gasteiger partial charge in [-0.2, -0.15) is 0 Å². The van der Waals surface area contributed by atoms with Gasteiger partial charge in [-0.25, -0.2) is 9.59 Å². The molecule has 5 heteroatoms. The van der Waals surface area contributed by atoms with E-state index in [4.69, 9.17) is 4.74 Å². The number of carboxylic acids is 2. The highest BCUT2D eigenvalue weighted by Crippen LogP contribution is 2.21. The Morgan fingerprint density at radius 3 is 2.06 bits per heavy atom. The number of ether oxygens (including phenoxy) is 1. The Hall–Kier alpha value is -1.88. The average molecular weight is 252 g/mol. The van der Waals surface area contributed by atoms with Crippen LogP contribution in [0.2, 0.25) is 0 Å². The van der Waals surface area contributed by atoms with E-state index < -0.39 is 23.6 Å². The van der Waals surface area contributed by atoms with Crippen molar-refractivity contribution in [2.24, 2.45) is 0 Å². The number of rotatable bonds is 6. The lowest BCUT2D eigenvalue weighted by molar-refractivity contribution is -0.188. The van der Waals surface area contributed by atoms with Gasteiger partial charge in [0.25, 0.3) is 5.60 Å². The Bertz CT molecular complexity index is 410. The van der Waals surface area contributed by atoms with Crippen LogP contribution in [0.4, 0.5) is 0 Å². The van der Waals surface area contributed by atoms with E-state index in [1.807, 2.05) is 0 Å². The largest absolute Gasteiger partial charge is 0.479 e. The zero-order valence-electron chi connectivity index (χ0n) is 10.3. The molecule has 1 aromatic carbocycles. The monoisotopic (exact) mass is 252 g/mol. The van der Waals surface area contributed by atoms with E-state index in [1.54, 1.807) is 44.2 Å². The van der Waals surface area contributed by atoms with Gasteiger partial charge in [-0.05, 0) is 19.4 Å². The van der Waals surface area contributed by atoms with Crippen LogP contribution in [0.5, 0.6) is 0 Å². The van der Waals surface area contributed by atoms with Crippen LogP contribution in [0.25, 0.3) is 0 Å². The third-order valence-electron chi connectivity index (χ3n) is 2.42. The summed E-state index contributed by atoms with van der Waals surface area (Å²) in [6, 6.07) is 8.56. The van der Waals surface area contributed by atoms with Crippen molar-refractivity contribution < 1.29 is 24.5 Å². The van der Waals surface area contributed by atoms with Crippen LogP contribution in [0.3, 0.4) is 0 Å². The molecule has 0 bridgehead atoms. The van der Waals surface area contributed by atoms with Crippen LogP contribution in [-0.4, -0.2) is 33.9 Å². The maximum atomic E-state index is 11.3. The van der Waals surface area contributed by atoms with Gasteiger partial charge in [0.2, 0.25) is 0 Å². The van der Waals surface area contributed by atoms with Crippen molar-refractivity contribution >= 4 is 11.9 Å². The predicted octanol–water partition coefficient (Wildman–Crippen LogP) is 1.56. The Kier molecular flexibility index (Phi) is 4.44. The molecule has 0 fully saturated rings. The molecular formula is C13H16O5. The fourth-order valence-electron chi connectivity index (χ4n) is 1.67. The van der Waals surface area contributed by atoms with Gasteiger partial charge in [0.05, 0.1) is 6.10 Å². The molecule has 0 unspecified atom stereocenters. The number of carboxylic acid groups (broad SMARTS) is 2. The van der Waals surface area contributed by atoms with Gasteiger partial charge >= 0.3 is 11.9 Å². The Labute approximate surface area is 105 Å². The van der Waals surface area contributed by atoms with Crippen LogP contribution in [0.1, 0.15) is 19.4 Å². The van der Waals surface area contributed by atoms with Gasteiger partial charge in [-0.1, -0.05) is 30.3 Å². The van der Waals surface area contributed by atoms with Crippen molar-refractivity contribution in [3.8, 4) is 0 Å². The lowest BCUT2D eigenvalue weighted by atomic mass is 9.94. The number of carbonyl (C=O) groups is 2. The number of hydrogen-bond donors (Lipinski definition) is 2. The molecule has 2 N–H and O–H groups in total. The smallest absolute Gasteiger partial charge is 0.348 e. The maximum Gasteiger partial charge on any atom is 0.348 e. The highest BCUT2D eigenvalue weighted by atomic mass is 16.6. The summed E-state index contributed by atoms with van der Waals surface area (Å²) in [5, 5.41) is 18.4. The quantitative estimate of drug-likeness (QED) is 0.751. The second kappa shape index (κ2) is 5.64. The third kappa shape index (κ3) is 3.07. The van der Waals surface area contributed by atoms with Crippen LogP contribution < -0.4 is 0 Å². The minimum absolute atomic E-state index is 0.212. The van der Waals surface area contributed by atoms with Crippen LogP contribution in [0.15, 0.2) is 30.3 Å². The molecule has 0 aliphatic heterocycles. The molecule has 5 nitrogen and oxygen atoms in total. The SMILES string of the molecule is CC(C)OC(Cc1ccccc1)(C(=O)O)C(=O)O. The lowest BCUT2D eigenvalue weighted by Crippen LogP contribution is -2.52. The zero-order valence-corrected chi connectivity index (χ0v) is 10.3. The average Bonchev–Trinajstić information content (AvgIpc) is 2.28.